The predicted molar refractivity (Wildman–Crippen MR) is 95.6 cm³/mol. The maximum atomic E-state index is 4.18. The minimum absolute atomic E-state index is 0.132. The van der Waals surface area contributed by atoms with Crippen molar-refractivity contribution in [3.8, 4) is 0 Å². The summed E-state index contributed by atoms with van der Waals surface area (Å²) in [7, 11) is 1.92. The molecule has 0 fully saturated rings. The Morgan fingerprint density at radius 1 is 1.24 bits per heavy atom. The van der Waals surface area contributed by atoms with Crippen LogP contribution in [0.25, 0.3) is 5.57 Å². The van der Waals surface area contributed by atoms with Crippen molar-refractivity contribution < 1.29 is 0 Å². The van der Waals surface area contributed by atoms with E-state index in [0.29, 0.717) is 5.92 Å². The van der Waals surface area contributed by atoms with Gasteiger partial charge in [-0.3, -0.25) is 0 Å². The van der Waals surface area contributed by atoms with Crippen molar-refractivity contribution in [3.05, 3.63) is 65.9 Å². The lowest BCUT2D eigenvalue weighted by molar-refractivity contribution is 0.588. The Labute approximate surface area is 130 Å². The van der Waals surface area contributed by atoms with Gasteiger partial charge in [-0.25, -0.2) is 0 Å². The zero-order chi connectivity index (χ0) is 16.0. The molecule has 1 unspecified atom stereocenters. The van der Waals surface area contributed by atoms with E-state index in [0.717, 1.165) is 5.57 Å². The first-order chi connectivity index (χ1) is 9.79. The normalized spacial score (nSPS) is 13.8. The van der Waals surface area contributed by atoms with Crippen molar-refractivity contribution in [3.63, 3.8) is 0 Å². The molecule has 21 heavy (non-hydrogen) atoms. The van der Waals surface area contributed by atoms with Crippen LogP contribution in [-0.2, 0) is 5.41 Å². The molecule has 0 spiro atoms. The Bertz CT molecular complexity index is 541. The van der Waals surface area contributed by atoms with Gasteiger partial charge in [0.05, 0.1) is 0 Å². The fraction of sp³-hybridized carbons (Fsp3) is 0.400. The summed E-state index contributed by atoms with van der Waals surface area (Å²) in [5.41, 5.74) is 5.09. The summed E-state index contributed by atoms with van der Waals surface area (Å²) < 4.78 is 0. The average molecular weight is 283 g/mol. The molecule has 1 aromatic rings. The summed E-state index contributed by atoms with van der Waals surface area (Å²) in [5.74, 6) is 0.372. The van der Waals surface area contributed by atoms with Gasteiger partial charge in [-0.2, -0.15) is 0 Å². The maximum absolute atomic E-state index is 4.18. The average Bonchev–Trinajstić information content (AvgIpc) is 2.43. The van der Waals surface area contributed by atoms with Gasteiger partial charge in [0.15, 0.2) is 0 Å². The fourth-order valence-corrected chi connectivity index (χ4v) is 2.18. The summed E-state index contributed by atoms with van der Waals surface area (Å²) in [6.07, 6.45) is 8.29. The van der Waals surface area contributed by atoms with Crippen LogP contribution in [0.4, 0.5) is 0 Å². The molecular formula is C20H29N. The second-order valence-corrected chi connectivity index (χ2v) is 6.56. The van der Waals surface area contributed by atoms with E-state index in [4.69, 9.17) is 0 Å². The molecule has 114 valence electrons. The minimum atomic E-state index is 0.132. The molecule has 0 bridgehead atoms. The lowest BCUT2D eigenvalue weighted by atomic mass is 9.82. The summed E-state index contributed by atoms with van der Waals surface area (Å²) in [4.78, 5) is 0. The third-order valence-corrected chi connectivity index (χ3v) is 3.64. The third kappa shape index (κ3) is 4.93. The Balaban J connectivity index is 3.34. The number of hydrogen-bond donors (Lipinski definition) is 1. The van der Waals surface area contributed by atoms with Crippen molar-refractivity contribution in [1.29, 1.82) is 0 Å². The molecule has 0 aliphatic rings. The summed E-state index contributed by atoms with van der Waals surface area (Å²) in [6, 6.07) is 6.83. The summed E-state index contributed by atoms with van der Waals surface area (Å²) >= 11 is 0. The fourth-order valence-electron chi connectivity index (χ4n) is 2.18. The first-order valence-electron chi connectivity index (χ1n) is 7.61. The SMILES string of the molecule is C=C(/C=C\C)c1cc(C(C)/C=C\NC)cc(C(C)(C)C)c1. The molecule has 0 saturated carbocycles. The van der Waals surface area contributed by atoms with E-state index in [1.807, 2.05) is 26.2 Å². The van der Waals surface area contributed by atoms with Gasteiger partial charge in [0.1, 0.15) is 0 Å². The maximum Gasteiger partial charge on any atom is 0.00276 e. The smallest absolute Gasteiger partial charge is 0.00276 e. The molecule has 0 saturated heterocycles. The van der Waals surface area contributed by atoms with Crippen molar-refractivity contribution >= 4 is 5.57 Å². The molecule has 0 amide bonds. The largest absolute Gasteiger partial charge is 0.394 e. The van der Waals surface area contributed by atoms with Gasteiger partial charge in [0.2, 0.25) is 0 Å². The van der Waals surface area contributed by atoms with Crippen LogP contribution in [0.2, 0.25) is 0 Å². The molecule has 1 nitrogen and oxygen atoms in total. The van der Waals surface area contributed by atoms with E-state index in [1.54, 1.807) is 0 Å². The first kappa shape index (κ1) is 17.3. The van der Waals surface area contributed by atoms with E-state index in [-0.39, 0.29) is 5.41 Å². The summed E-state index contributed by atoms with van der Waals surface area (Å²) in [6.45, 7) is 15.2. The van der Waals surface area contributed by atoms with Crippen molar-refractivity contribution in [1.82, 2.24) is 5.32 Å². The standard InChI is InChI=1S/C20H29N/c1-8-9-15(2)17-12-18(16(3)10-11-21-7)14-19(13-17)20(4,5)6/h8-14,16,21H,2H2,1,3-7H3/b9-8-,11-10-. The van der Waals surface area contributed by atoms with E-state index >= 15 is 0 Å². The number of rotatable bonds is 5. The second kappa shape index (κ2) is 7.31. The highest BCUT2D eigenvalue weighted by molar-refractivity contribution is 5.73. The number of nitrogens with one attached hydrogen (secondary N) is 1. The first-order valence-corrected chi connectivity index (χ1v) is 7.61. The number of allylic oxidation sites excluding steroid dienone is 4. The van der Waals surface area contributed by atoms with Crippen LogP contribution in [0.1, 0.15) is 57.2 Å². The molecule has 1 N–H and O–H groups in total. The van der Waals surface area contributed by atoms with Gasteiger partial charge < -0.3 is 5.32 Å². The highest BCUT2D eigenvalue weighted by atomic mass is 14.8. The molecule has 0 radical (unpaired) electrons. The van der Waals surface area contributed by atoms with Gasteiger partial charge in [-0.1, -0.05) is 70.7 Å². The predicted octanol–water partition coefficient (Wildman–Crippen LogP) is 5.41. The molecule has 1 aromatic carbocycles. The molecular weight excluding hydrogens is 254 g/mol. The van der Waals surface area contributed by atoms with Crippen LogP contribution in [0, 0.1) is 0 Å². The highest BCUT2D eigenvalue weighted by Crippen LogP contribution is 2.30. The van der Waals surface area contributed by atoms with Crippen LogP contribution in [0.5, 0.6) is 0 Å². The number of benzene rings is 1. The quantitative estimate of drug-likeness (QED) is 0.712. The molecule has 1 heteroatoms. The monoisotopic (exact) mass is 283 g/mol. The zero-order valence-electron chi connectivity index (χ0n) is 14.3. The van der Waals surface area contributed by atoms with Crippen molar-refractivity contribution in [2.75, 3.05) is 7.05 Å². The molecule has 1 atom stereocenters. The Hall–Kier alpha value is -1.76. The Kier molecular flexibility index (Phi) is 6.02. The molecule has 0 aliphatic heterocycles. The van der Waals surface area contributed by atoms with Crippen molar-refractivity contribution in [2.45, 2.75) is 46.0 Å². The second-order valence-electron chi connectivity index (χ2n) is 6.56. The highest BCUT2D eigenvalue weighted by Gasteiger charge is 2.17. The lowest BCUT2D eigenvalue weighted by Gasteiger charge is -2.22. The number of hydrogen-bond acceptors (Lipinski definition) is 1. The minimum Gasteiger partial charge on any atom is -0.394 e. The van der Waals surface area contributed by atoms with Gasteiger partial charge in [0, 0.05) is 13.0 Å². The summed E-state index contributed by atoms with van der Waals surface area (Å²) in [5, 5.41) is 3.06. The van der Waals surface area contributed by atoms with Crippen LogP contribution < -0.4 is 5.32 Å². The van der Waals surface area contributed by atoms with Crippen molar-refractivity contribution in [2.24, 2.45) is 0 Å². The molecule has 0 aliphatic carbocycles. The molecule has 1 rings (SSSR count). The van der Waals surface area contributed by atoms with Crippen LogP contribution in [-0.4, -0.2) is 7.05 Å². The Morgan fingerprint density at radius 3 is 2.43 bits per heavy atom. The van der Waals surface area contributed by atoms with Crippen LogP contribution >= 0.6 is 0 Å². The molecule has 0 aromatic heterocycles. The van der Waals surface area contributed by atoms with Gasteiger partial charge in [0.25, 0.3) is 0 Å². The van der Waals surface area contributed by atoms with Gasteiger partial charge in [-0.05, 0) is 40.8 Å². The Morgan fingerprint density at radius 2 is 1.90 bits per heavy atom. The zero-order valence-corrected chi connectivity index (χ0v) is 14.3. The molecule has 0 heterocycles. The van der Waals surface area contributed by atoms with Crippen LogP contribution in [0.15, 0.2) is 49.2 Å². The van der Waals surface area contributed by atoms with E-state index < -0.39 is 0 Å². The van der Waals surface area contributed by atoms with E-state index in [1.165, 1.54) is 16.7 Å². The van der Waals surface area contributed by atoms with E-state index in [9.17, 15) is 0 Å². The third-order valence-electron chi connectivity index (χ3n) is 3.64. The lowest BCUT2D eigenvalue weighted by Crippen LogP contribution is -2.12. The van der Waals surface area contributed by atoms with Gasteiger partial charge in [-0.15, -0.1) is 0 Å². The topological polar surface area (TPSA) is 12.0 Å². The van der Waals surface area contributed by atoms with E-state index in [2.05, 4.69) is 69.9 Å². The van der Waals surface area contributed by atoms with Crippen LogP contribution in [0.3, 0.4) is 0 Å². The van der Waals surface area contributed by atoms with Gasteiger partial charge >= 0.3 is 0 Å².